The molecule has 0 N–H and O–H groups in total. The number of hydrogen-bond acceptors (Lipinski definition) is 2. The topological polar surface area (TPSA) is 29.5 Å². The van der Waals surface area contributed by atoms with Crippen LogP contribution in [-0.2, 0) is 4.79 Å². The molecule has 1 heterocycles. The van der Waals surface area contributed by atoms with E-state index in [0.29, 0.717) is 6.61 Å². The Kier molecular flexibility index (Phi) is 4.19. The van der Waals surface area contributed by atoms with Crippen molar-refractivity contribution in [1.29, 1.82) is 0 Å². The quantitative estimate of drug-likeness (QED) is 0.799. The highest BCUT2D eigenvalue weighted by Gasteiger charge is 2.34. The van der Waals surface area contributed by atoms with E-state index in [1.54, 1.807) is 0 Å². The van der Waals surface area contributed by atoms with Crippen molar-refractivity contribution in [3.8, 4) is 5.75 Å². The number of likely N-dealkylation sites (N-methyl/N-ethyl adjacent to an activating group) is 1. The predicted molar refractivity (Wildman–Crippen MR) is 79.9 cm³/mol. The van der Waals surface area contributed by atoms with Crippen LogP contribution in [0.3, 0.4) is 0 Å². The van der Waals surface area contributed by atoms with E-state index in [0.717, 1.165) is 23.1 Å². The average Bonchev–Trinajstić information content (AvgIpc) is 2.45. The van der Waals surface area contributed by atoms with Crippen LogP contribution in [0.15, 0.2) is 24.3 Å². The van der Waals surface area contributed by atoms with Crippen molar-refractivity contribution in [2.75, 3.05) is 19.0 Å². The van der Waals surface area contributed by atoms with E-state index in [1.807, 2.05) is 36.2 Å². The second-order valence-corrected chi connectivity index (χ2v) is 6.13. The monoisotopic (exact) mass is 325 g/mol. The molecular formula is C15H20BrNO2. The Hall–Kier alpha value is -1.03. The van der Waals surface area contributed by atoms with E-state index < -0.39 is 0 Å². The van der Waals surface area contributed by atoms with Crippen molar-refractivity contribution >= 4 is 21.8 Å². The van der Waals surface area contributed by atoms with Crippen LogP contribution in [0, 0.1) is 0 Å². The maximum atomic E-state index is 12.7. The first-order valence-electron chi connectivity index (χ1n) is 6.53. The fraction of sp³-hybridized carbons (Fsp3) is 0.533. The number of amides is 1. The molecule has 0 fully saturated rings. The Balaban J connectivity index is 2.26. The van der Waals surface area contributed by atoms with E-state index in [2.05, 4.69) is 29.8 Å². The summed E-state index contributed by atoms with van der Waals surface area (Å²) in [6.45, 7) is 4.73. The molecule has 0 spiro atoms. The van der Waals surface area contributed by atoms with Crippen LogP contribution in [0.2, 0.25) is 0 Å². The predicted octanol–water partition coefficient (Wildman–Crippen LogP) is 3.18. The zero-order valence-corrected chi connectivity index (χ0v) is 13.2. The van der Waals surface area contributed by atoms with E-state index in [-0.39, 0.29) is 17.4 Å². The highest BCUT2D eigenvalue weighted by molar-refractivity contribution is 9.09. The van der Waals surface area contributed by atoms with Crippen LogP contribution in [0.1, 0.15) is 31.7 Å². The number of rotatable bonds is 3. The molecule has 0 radical (unpaired) electrons. The Morgan fingerprint density at radius 2 is 2.16 bits per heavy atom. The molecule has 1 aliphatic heterocycles. The van der Waals surface area contributed by atoms with E-state index in [4.69, 9.17) is 4.74 Å². The van der Waals surface area contributed by atoms with Gasteiger partial charge in [-0.3, -0.25) is 4.79 Å². The molecule has 3 nitrogen and oxygen atoms in total. The van der Waals surface area contributed by atoms with Gasteiger partial charge in [0.1, 0.15) is 5.75 Å². The molecule has 19 heavy (non-hydrogen) atoms. The van der Waals surface area contributed by atoms with Crippen molar-refractivity contribution < 1.29 is 9.53 Å². The summed E-state index contributed by atoms with van der Waals surface area (Å²) in [4.78, 5) is 14.6. The van der Waals surface area contributed by atoms with Crippen LogP contribution in [-0.4, -0.2) is 35.3 Å². The smallest absolute Gasteiger partial charge is 0.230 e. The van der Waals surface area contributed by atoms with Gasteiger partial charge in [-0.15, -0.1) is 0 Å². The second kappa shape index (κ2) is 5.53. The number of alkyl halides is 1. The summed E-state index contributed by atoms with van der Waals surface area (Å²) in [5, 5.41) is 0.757. The zero-order chi connectivity index (χ0) is 14.0. The molecule has 2 rings (SSSR count). The van der Waals surface area contributed by atoms with Crippen molar-refractivity contribution in [2.45, 2.75) is 31.7 Å². The standard InChI is InChI=1S/C15H20BrNO2/c1-15(2,10-16)17(3)14(18)12-8-9-19-13-7-5-4-6-11(12)13/h4-7,12H,8-10H2,1-3H3. The third-order valence-corrected chi connectivity index (χ3v) is 5.19. The molecule has 1 aliphatic rings. The summed E-state index contributed by atoms with van der Waals surface area (Å²) < 4.78 is 5.62. The molecule has 0 saturated carbocycles. The lowest BCUT2D eigenvalue weighted by molar-refractivity contribution is -0.136. The number of carbonyl (C=O) groups excluding carboxylic acids is 1. The Morgan fingerprint density at radius 1 is 1.47 bits per heavy atom. The average molecular weight is 326 g/mol. The van der Waals surface area contributed by atoms with Crippen molar-refractivity contribution in [3.05, 3.63) is 29.8 Å². The first-order valence-corrected chi connectivity index (χ1v) is 7.65. The number of halogens is 1. The molecule has 0 saturated heterocycles. The van der Waals surface area contributed by atoms with Crippen molar-refractivity contribution in [3.63, 3.8) is 0 Å². The number of nitrogens with zero attached hydrogens (tertiary/aromatic N) is 1. The number of fused-ring (bicyclic) bond motifs is 1. The number of hydrogen-bond donors (Lipinski definition) is 0. The van der Waals surface area contributed by atoms with Gasteiger partial charge < -0.3 is 9.64 Å². The van der Waals surface area contributed by atoms with Gasteiger partial charge in [0, 0.05) is 23.5 Å². The number of para-hydroxylation sites is 1. The minimum absolute atomic E-state index is 0.0896. The fourth-order valence-electron chi connectivity index (χ4n) is 2.22. The third kappa shape index (κ3) is 2.78. The molecule has 0 aromatic heterocycles. The lowest BCUT2D eigenvalue weighted by atomic mass is 9.90. The van der Waals surface area contributed by atoms with Gasteiger partial charge in [-0.2, -0.15) is 0 Å². The maximum absolute atomic E-state index is 12.7. The maximum Gasteiger partial charge on any atom is 0.230 e. The summed E-state index contributed by atoms with van der Waals surface area (Å²) in [5.74, 6) is 0.922. The molecule has 0 aliphatic carbocycles. The van der Waals surface area contributed by atoms with Crippen LogP contribution in [0.5, 0.6) is 5.75 Å². The molecule has 0 bridgehead atoms. The zero-order valence-electron chi connectivity index (χ0n) is 11.6. The number of ether oxygens (including phenoxy) is 1. The molecule has 1 unspecified atom stereocenters. The normalized spacial score (nSPS) is 18.4. The van der Waals surface area contributed by atoms with Gasteiger partial charge in [0.2, 0.25) is 5.91 Å². The molecule has 1 aromatic rings. The molecule has 104 valence electrons. The minimum atomic E-state index is -0.190. The molecule has 1 aromatic carbocycles. The van der Waals surface area contributed by atoms with Gasteiger partial charge in [0.05, 0.1) is 12.5 Å². The van der Waals surface area contributed by atoms with Gasteiger partial charge in [0.25, 0.3) is 0 Å². The van der Waals surface area contributed by atoms with Crippen molar-refractivity contribution in [2.24, 2.45) is 0 Å². The van der Waals surface area contributed by atoms with Crippen LogP contribution < -0.4 is 4.74 Å². The molecule has 1 amide bonds. The van der Waals surface area contributed by atoms with Crippen LogP contribution in [0.4, 0.5) is 0 Å². The van der Waals surface area contributed by atoms with Gasteiger partial charge in [0.15, 0.2) is 0 Å². The van der Waals surface area contributed by atoms with Gasteiger partial charge in [-0.1, -0.05) is 34.1 Å². The highest BCUT2D eigenvalue weighted by Crippen LogP contribution is 2.35. The van der Waals surface area contributed by atoms with E-state index in [9.17, 15) is 4.79 Å². The molecule has 1 atom stereocenters. The summed E-state index contributed by atoms with van der Waals surface area (Å²) in [5.41, 5.74) is 0.820. The first-order chi connectivity index (χ1) is 8.97. The summed E-state index contributed by atoms with van der Waals surface area (Å²) in [6.07, 6.45) is 0.749. The SMILES string of the molecule is CN(C(=O)C1CCOc2ccccc21)C(C)(C)CBr. The minimum Gasteiger partial charge on any atom is -0.493 e. The third-order valence-electron chi connectivity index (χ3n) is 3.82. The largest absolute Gasteiger partial charge is 0.493 e. The Labute approximate surface area is 123 Å². The molecule has 4 heteroatoms. The second-order valence-electron chi connectivity index (χ2n) is 5.57. The highest BCUT2D eigenvalue weighted by atomic mass is 79.9. The van der Waals surface area contributed by atoms with Crippen LogP contribution >= 0.6 is 15.9 Å². The van der Waals surface area contributed by atoms with E-state index >= 15 is 0 Å². The van der Waals surface area contributed by atoms with Gasteiger partial charge in [-0.25, -0.2) is 0 Å². The van der Waals surface area contributed by atoms with Crippen molar-refractivity contribution in [1.82, 2.24) is 4.90 Å². The van der Waals surface area contributed by atoms with Crippen LogP contribution in [0.25, 0.3) is 0 Å². The van der Waals surface area contributed by atoms with Gasteiger partial charge in [-0.05, 0) is 26.3 Å². The van der Waals surface area contributed by atoms with Gasteiger partial charge >= 0.3 is 0 Å². The Bertz CT molecular complexity index is 473. The first kappa shape index (κ1) is 14.4. The lowest BCUT2D eigenvalue weighted by Crippen LogP contribution is -2.48. The molecular weight excluding hydrogens is 306 g/mol. The number of benzene rings is 1. The van der Waals surface area contributed by atoms with E-state index in [1.165, 1.54) is 0 Å². The summed E-state index contributed by atoms with van der Waals surface area (Å²) in [6, 6.07) is 7.83. The summed E-state index contributed by atoms with van der Waals surface area (Å²) >= 11 is 3.48. The Morgan fingerprint density at radius 3 is 2.84 bits per heavy atom. The lowest BCUT2D eigenvalue weighted by Gasteiger charge is -2.37. The fourth-order valence-corrected chi connectivity index (χ4v) is 2.60. The number of carbonyl (C=O) groups is 1. The summed E-state index contributed by atoms with van der Waals surface area (Å²) in [7, 11) is 1.88.